The van der Waals surface area contributed by atoms with Gasteiger partial charge in [0.25, 0.3) is 0 Å². The molecule has 6 rings (SSSR count). The van der Waals surface area contributed by atoms with Crippen LogP contribution in [0.3, 0.4) is 0 Å². The van der Waals surface area contributed by atoms with Gasteiger partial charge in [-0.2, -0.15) is 0 Å². The van der Waals surface area contributed by atoms with Crippen molar-refractivity contribution in [1.82, 2.24) is 0 Å². The Morgan fingerprint density at radius 2 is 1.32 bits per heavy atom. The van der Waals surface area contributed by atoms with Gasteiger partial charge in [0.15, 0.2) is 12.1 Å². The Bertz CT molecular complexity index is 2000. The van der Waals surface area contributed by atoms with Crippen molar-refractivity contribution in [2.75, 3.05) is 20.3 Å². The van der Waals surface area contributed by atoms with Crippen molar-refractivity contribution < 1.29 is 93.7 Å². The van der Waals surface area contributed by atoms with E-state index in [9.17, 15) is 61.0 Å². The summed E-state index contributed by atoms with van der Waals surface area (Å²) in [4.78, 5) is 14.6. The van der Waals surface area contributed by atoms with Crippen LogP contribution < -0.4 is 19.6 Å². The van der Waals surface area contributed by atoms with E-state index in [1.54, 1.807) is 32.1 Å². The fraction of sp³-hybridized carbons (Fsp3) is 0.564. The molecule has 2 aromatic carbocycles. The molecule has 0 amide bonds. The second-order valence-electron chi connectivity index (χ2n) is 14.8. The number of allylic oxidation sites excluding steroid dienone is 2. The third-order valence-corrected chi connectivity index (χ3v) is 10.5. The largest absolute Gasteiger partial charge is 0.507 e. The Kier molecular flexibility index (Phi) is 13.9. The summed E-state index contributed by atoms with van der Waals surface area (Å²) in [5.41, 5.74) is -0.0743. The lowest BCUT2D eigenvalue weighted by Crippen LogP contribution is -2.61. The van der Waals surface area contributed by atoms with Gasteiger partial charge >= 0.3 is 0 Å². The molecule has 1 aromatic heterocycles. The highest BCUT2D eigenvalue weighted by Crippen LogP contribution is 2.42. The van der Waals surface area contributed by atoms with Gasteiger partial charge in [-0.25, -0.2) is 0 Å². The number of benzene rings is 2. The summed E-state index contributed by atoms with van der Waals surface area (Å²) >= 11 is 0. The Morgan fingerprint density at radius 3 is 1.93 bits per heavy atom. The van der Waals surface area contributed by atoms with Crippen LogP contribution in [-0.4, -0.2) is 169 Å². The van der Waals surface area contributed by atoms with Crippen molar-refractivity contribution in [2.45, 2.75) is 119 Å². The molecule has 0 unspecified atom stereocenters. The highest BCUT2D eigenvalue weighted by atomic mass is 16.7. The molecule has 0 saturated carbocycles. The summed E-state index contributed by atoms with van der Waals surface area (Å²) in [7, 11) is 1.43. The highest BCUT2D eigenvalue weighted by molar-refractivity contribution is 5.91. The van der Waals surface area contributed by atoms with Crippen LogP contribution in [0.4, 0.5) is 0 Å². The lowest BCUT2D eigenvalue weighted by molar-refractivity contribution is -0.318. The maximum Gasteiger partial charge on any atom is 0.239 e. The molecule has 3 aliphatic rings. The summed E-state index contributed by atoms with van der Waals surface area (Å²) in [5.74, 6) is -1.38. The van der Waals surface area contributed by atoms with Crippen molar-refractivity contribution in [2.24, 2.45) is 0 Å². The standard InChI is InChI=1S/C39H50O20/c1-14(2)5-10-18-20(55-38-32(50)29(47)25(43)21(12-40)56-38)11-19(41)23-27(45)36(34(58-35(18)23)16-6-8-17(52-4)9-7-16)59-39-33(51)30(48)26(44)22(57-39)13-53-37-31(49)28(46)24(42)15(3)54-37/h5-9,11,15,21-22,24-26,28-33,37-44,46-51H,10,12-13H2,1-4H3/t15-,21-,22+,24-,25-,26-,28+,29-,30-,31-,32+,33+,37+,38+,39-/m0/s1. The monoisotopic (exact) mass is 838 g/mol. The smallest absolute Gasteiger partial charge is 0.239 e. The molecule has 0 spiro atoms. The predicted molar refractivity (Wildman–Crippen MR) is 199 cm³/mol. The highest BCUT2D eigenvalue weighted by Gasteiger charge is 2.48. The van der Waals surface area contributed by atoms with E-state index in [0.717, 1.165) is 11.6 Å². The Hall–Kier alpha value is -3.97. The number of phenolic OH excluding ortho intramolecular Hbond substituents is 1. The number of aliphatic hydroxyl groups excluding tert-OH is 10. The minimum Gasteiger partial charge on any atom is -0.507 e. The van der Waals surface area contributed by atoms with E-state index in [0.29, 0.717) is 5.75 Å². The van der Waals surface area contributed by atoms with Crippen LogP contribution in [0.15, 0.2) is 51.2 Å². The Morgan fingerprint density at radius 1 is 0.746 bits per heavy atom. The molecule has 3 aliphatic heterocycles. The molecule has 0 radical (unpaired) electrons. The summed E-state index contributed by atoms with van der Waals surface area (Å²) in [6, 6.07) is 7.14. The number of phenols is 1. The average Bonchev–Trinajstić information content (AvgIpc) is 3.21. The summed E-state index contributed by atoms with van der Waals surface area (Å²) in [5, 5.41) is 115. The van der Waals surface area contributed by atoms with Crippen LogP contribution >= 0.6 is 0 Å². The SMILES string of the molecule is COc1ccc(-c2oc3c(CC=C(C)C)c(O[C@@H]4O[C@@H](CO)[C@H](O)[C@H](O)[C@H]4O)cc(O)c3c(=O)c2O[C@@H]2O[C@H](CO[C@@H]3O[C@@H](C)[C@H](O)[C@@H](O)[C@@H]3O)[C@H](O)[C@H](O)[C@H]2O)cc1. The first-order valence-corrected chi connectivity index (χ1v) is 18.7. The van der Waals surface area contributed by atoms with Gasteiger partial charge in [-0.3, -0.25) is 4.79 Å². The van der Waals surface area contributed by atoms with Crippen LogP contribution in [0.2, 0.25) is 0 Å². The normalized spacial score (nSPS) is 35.0. The van der Waals surface area contributed by atoms with Gasteiger partial charge in [-0.1, -0.05) is 11.6 Å². The molecule has 3 aromatic rings. The van der Waals surface area contributed by atoms with E-state index in [4.69, 9.17) is 37.6 Å². The maximum atomic E-state index is 14.6. The van der Waals surface area contributed by atoms with Crippen LogP contribution in [-0.2, 0) is 25.4 Å². The number of aliphatic hydroxyl groups is 10. The zero-order chi connectivity index (χ0) is 43.0. The van der Waals surface area contributed by atoms with E-state index in [2.05, 4.69) is 0 Å². The minimum atomic E-state index is -2.00. The molecule has 20 heteroatoms. The molecule has 3 fully saturated rings. The van der Waals surface area contributed by atoms with Gasteiger partial charge in [-0.05, 0) is 51.5 Å². The number of methoxy groups -OCH3 is 1. The molecule has 0 bridgehead atoms. The van der Waals surface area contributed by atoms with Gasteiger partial charge < -0.3 is 93.7 Å². The summed E-state index contributed by atoms with van der Waals surface area (Å²) in [6.07, 6.45) is -23.0. The summed E-state index contributed by atoms with van der Waals surface area (Å²) < 4.78 is 46.0. The zero-order valence-corrected chi connectivity index (χ0v) is 32.3. The molecule has 20 nitrogen and oxygen atoms in total. The van der Waals surface area contributed by atoms with Gasteiger partial charge in [0.2, 0.25) is 23.8 Å². The first kappa shape index (κ1) is 44.6. The molecule has 4 heterocycles. The first-order valence-electron chi connectivity index (χ1n) is 18.7. The predicted octanol–water partition coefficient (Wildman–Crippen LogP) is -2.11. The molecular formula is C39H50O20. The van der Waals surface area contributed by atoms with E-state index >= 15 is 0 Å². The quantitative estimate of drug-likeness (QED) is 0.0870. The molecule has 0 aliphatic carbocycles. The molecular weight excluding hydrogens is 788 g/mol. The van der Waals surface area contributed by atoms with Gasteiger partial charge in [0.1, 0.15) is 95.4 Å². The fourth-order valence-corrected chi connectivity index (χ4v) is 6.90. The Labute approximate surface area is 336 Å². The number of hydrogen-bond donors (Lipinski definition) is 11. The number of hydrogen-bond acceptors (Lipinski definition) is 20. The Balaban J connectivity index is 1.42. The van der Waals surface area contributed by atoms with Crippen LogP contribution in [0.5, 0.6) is 23.0 Å². The number of ether oxygens (including phenoxy) is 7. The van der Waals surface area contributed by atoms with Gasteiger partial charge in [0.05, 0.1) is 26.4 Å². The number of aromatic hydroxyl groups is 1. The first-order chi connectivity index (χ1) is 28.0. The average molecular weight is 839 g/mol. The van der Waals surface area contributed by atoms with Gasteiger partial charge in [-0.15, -0.1) is 0 Å². The topological polar surface area (TPSA) is 317 Å². The van der Waals surface area contributed by atoms with Crippen molar-refractivity contribution in [3.63, 3.8) is 0 Å². The van der Waals surface area contributed by atoms with E-state index in [1.165, 1.54) is 26.2 Å². The molecule has 3 saturated heterocycles. The summed E-state index contributed by atoms with van der Waals surface area (Å²) in [6.45, 7) is 3.66. The van der Waals surface area contributed by atoms with Crippen LogP contribution in [0.25, 0.3) is 22.3 Å². The number of fused-ring (bicyclic) bond motifs is 1. The van der Waals surface area contributed by atoms with E-state index in [-0.39, 0.29) is 34.6 Å². The second-order valence-corrected chi connectivity index (χ2v) is 14.8. The van der Waals surface area contributed by atoms with E-state index < -0.39 is 128 Å². The van der Waals surface area contributed by atoms with E-state index in [1.807, 2.05) is 0 Å². The van der Waals surface area contributed by atoms with Crippen molar-refractivity contribution in [1.29, 1.82) is 0 Å². The number of rotatable bonds is 12. The molecule has 15 atom stereocenters. The molecule has 326 valence electrons. The minimum absolute atomic E-state index is 0.00144. The van der Waals surface area contributed by atoms with Crippen molar-refractivity contribution in [3.05, 3.63) is 57.8 Å². The van der Waals surface area contributed by atoms with Crippen LogP contribution in [0, 0.1) is 0 Å². The lowest BCUT2D eigenvalue weighted by atomic mass is 9.98. The third-order valence-electron chi connectivity index (χ3n) is 10.5. The molecule has 59 heavy (non-hydrogen) atoms. The van der Waals surface area contributed by atoms with Crippen LogP contribution in [0.1, 0.15) is 26.3 Å². The second kappa shape index (κ2) is 18.3. The van der Waals surface area contributed by atoms with Gasteiger partial charge in [0, 0.05) is 17.2 Å². The third kappa shape index (κ3) is 8.92. The van der Waals surface area contributed by atoms with Crippen molar-refractivity contribution >= 4 is 11.0 Å². The zero-order valence-electron chi connectivity index (χ0n) is 32.3. The van der Waals surface area contributed by atoms with Crippen molar-refractivity contribution in [3.8, 4) is 34.3 Å². The maximum absolute atomic E-state index is 14.6. The lowest BCUT2D eigenvalue weighted by Gasteiger charge is -2.42. The fourth-order valence-electron chi connectivity index (χ4n) is 6.90. The molecule has 11 N–H and O–H groups in total.